The minimum Gasteiger partial charge on any atom is -0.481 e. The number of hydrogen-bond donors (Lipinski definition) is 1. The number of ether oxygens (including phenoxy) is 1. The molecule has 1 aliphatic heterocycles. The molecule has 0 bridgehead atoms. The Kier molecular flexibility index (Phi) is 4.57. The molecule has 1 unspecified atom stereocenters. The summed E-state index contributed by atoms with van der Waals surface area (Å²) < 4.78 is 5.41. The van der Waals surface area contributed by atoms with E-state index in [9.17, 15) is 9.59 Å². The van der Waals surface area contributed by atoms with Gasteiger partial charge in [0.25, 0.3) is 0 Å². The van der Waals surface area contributed by atoms with Crippen LogP contribution >= 0.6 is 0 Å². The fraction of sp³-hybridized carbons (Fsp3) is 0.333. The summed E-state index contributed by atoms with van der Waals surface area (Å²) in [5.74, 6) is -0.890. The highest BCUT2D eigenvalue weighted by atomic mass is 16.5. The van der Waals surface area contributed by atoms with Gasteiger partial charge in [-0.2, -0.15) is 0 Å². The van der Waals surface area contributed by atoms with E-state index in [0.717, 1.165) is 16.3 Å². The highest BCUT2D eigenvalue weighted by molar-refractivity contribution is 5.90. The van der Waals surface area contributed by atoms with Crippen LogP contribution in [-0.4, -0.2) is 47.7 Å². The molecule has 1 fully saturated rings. The zero-order valence-electron chi connectivity index (χ0n) is 12.8. The van der Waals surface area contributed by atoms with Crippen LogP contribution in [-0.2, 0) is 20.7 Å². The largest absolute Gasteiger partial charge is 0.481 e. The fourth-order valence-electron chi connectivity index (χ4n) is 2.99. The molecule has 5 nitrogen and oxygen atoms in total. The summed E-state index contributed by atoms with van der Waals surface area (Å²) in [5.41, 5.74) is 0.995. The maximum Gasteiger partial charge on any atom is 0.306 e. The van der Waals surface area contributed by atoms with E-state index in [-0.39, 0.29) is 12.3 Å². The highest BCUT2D eigenvalue weighted by Gasteiger charge is 2.26. The third-order valence-corrected chi connectivity index (χ3v) is 4.12. The van der Waals surface area contributed by atoms with Crippen LogP contribution in [0, 0.1) is 0 Å². The van der Waals surface area contributed by atoms with Crippen LogP contribution in [0.15, 0.2) is 42.5 Å². The van der Waals surface area contributed by atoms with Gasteiger partial charge in [-0.3, -0.25) is 9.59 Å². The summed E-state index contributed by atoms with van der Waals surface area (Å²) in [6.07, 6.45) is -0.170. The number of carboxylic acid groups (broad SMARTS) is 1. The van der Waals surface area contributed by atoms with E-state index >= 15 is 0 Å². The van der Waals surface area contributed by atoms with E-state index < -0.39 is 12.1 Å². The van der Waals surface area contributed by atoms with Gasteiger partial charge < -0.3 is 14.7 Å². The normalized spacial score (nSPS) is 18.1. The Balaban J connectivity index is 1.72. The maximum absolute atomic E-state index is 12.6. The molecule has 0 spiro atoms. The van der Waals surface area contributed by atoms with Crippen molar-refractivity contribution in [3.8, 4) is 0 Å². The number of aliphatic carboxylic acids is 1. The molecule has 5 heteroatoms. The van der Waals surface area contributed by atoms with Crippen molar-refractivity contribution in [2.24, 2.45) is 0 Å². The van der Waals surface area contributed by atoms with Gasteiger partial charge in [0, 0.05) is 13.1 Å². The Labute approximate surface area is 134 Å². The summed E-state index contributed by atoms with van der Waals surface area (Å²) >= 11 is 0. The first-order valence-electron chi connectivity index (χ1n) is 7.71. The monoisotopic (exact) mass is 313 g/mol. The van der Waals surface area contributed by atoms with Gasteiger partial charge in [0.1, 0.15) is 0 Å². The second kappa shape index (κ2) is 6.79. The standard InChI is InChI=1S/C18H19NO4/c20-17(19-8-9-23-15(12-19)11-18(21)22)10-14-6-3-5-13-4-1-2-7-16(13)14/h1-7,15H,8-12H2,(H,21,22). The molecule has 0 radical (unpaired) electrons. The number of carboxylic acids is 1. The predicted molar refractivity (Wildman–Crippen MR) is 86.2 cm³/mol. The third kappa shape index (κ3) is 3.68. The molecular formula is C18H19NO4. The summed E-state index contributed by atoms with van der Waals surface area (Å²) in [6.45, 7) is 1.24. The smallest absolute Gasteiger partial charge is 0.306 e. The number of rotatable bonds is 4. The summed E-state index contributed by atoms with van der Waals surface area (Å²) in [7, 11) is 0. The Morgan fingerprint density at radius 2 is 1.96 bits per heavy atom. The van der Waals surface area contributed by atoms with Crippen molar-refractivity contribution in [3.05, 3.63) is 48.0 Å². The number of morpholine rings is 1. The Morgan fingerprint density at radius 1 is 1.17 bits per heavy atom. The maximum atomic E-state index is 12.6. The van der Waals surface area contributed by atoms with Gasteiger partial charge in [0.2, 0.25) is 5.91 Å². The van der Waals surface area contributed by atoms with Crippen LogP contribution in [0.5, 0.6) is 0 Å². The first-order chi connectivity index (χ1) is 11.1. The molecule has 1 atom stereocenters. The first kappa shape index (κ1) is 15.5. The second-order valence-corrected chi connectivity index (χ2v) is 5.75. The van der Waals surface area contributed by atoms with Crippen molar-refractivity contribution in [3.63, 3.8) is 0 Å². The van der Waals surface area contributed by atoms with Crippen LogP contribution < -0.4 is 0 Å². The molecule has 120 valence electrons. The van der Waals surface area contributed by atoms with Crippen molar-refractivity contribution in [1.82, 2.24) is 4.90 Å². The Bertz CT molecular complexity index is 723. The minimum absolute atomic E-state index is 0.0139. The number of nitrogens with zero attached hydrogens (tertiary/aromatic N) is 1. The van der Waals surface area contributed by atoms with E-state index in [1.165, 1.54) is 0 Å². The number of carbonyl (C=O) groups is 2. The molecule has 1 N–H and O–H groups in total. The van der Waals surface area contributed by atoms with Gasteiger partial charge in [-0.25, -0.2) is 0 Å². The summed E-state index contributed by atoms with van der Waals surface area (Å²) in [4.78, 5) is 25.1. The van der Waals surface area contributed by atoms with Crippen molar-refractivity contribution >= 4 is 22.6 Å². The molecule has 0 aromatic heterocycles. The highest BCUT2D eigenvalue weighted by Crippen LogP contribution is 2.20. The van der Waals surface area contributed by atoms with E-state index in [1.807, 2.05) is 42.5 Å². The van der Waals surface area contributed by atoms with E-state index in [4.69, 9.17) is 9.84 Å². The minimum atomic E-state index is -0.904. The number of amides is 1. The Morgan fingerprint density at radius 3 is 2.78 bits per heavy atom. The van der Waals surface area contributed by atoms with Crippen LogP contribution in [0.1, 0.15) is 12.0 Å². The number of hydrogen-bond acceptors (Lipinski definition) is 3. The van der Waals surface area contributed by atoms with E-state index in [2.05, 4.69) is 0 Å². The molecule has 1 amide bonds. The van der Waals surface area contributed by atoms with Gasteiger partial charge in [-0.15, -0.1) is 0 Å². The fourth-order valence-corrected chi connectivity index (χ4v) is 2.99. The lowest BCUT2D eigenvalue weighted by molar-refractivity contribution is -0.147. The van der Waals surface area contributed by atoms with Crippen LogP contribution in [0.2, 0.25) is 0 Å². The molecular weight excluding hydrogens is 294 g/mol. The Hall–Kier alpha value is -2.40. The summed E-state index contributed by atoms with van der Waals surface area (Å²) in [6, 6.07) is 13.9. The second-order valence-electron chi connectivity index (χ2n) is 5.75. The lowest BCUT2D eigenvalue weighted by Crippen LogP contribution is -2.46. The van der Waals surface area contributed by atoms with Crippen LogP contribution in [0.25, 0.3) is 10.8 Å². The van der Waals surface area contributed by atoms with Crippen molar-refractivity contribution < 1.29 is 19.4 Å². The lowest BCUT2D eigenvalue weighted by atomic mass is 10.0. The van der Waals surface area contributed by atoms with Gasteiger partial charge in [-0.05, 0) is 16.3 Å². The molecule has 1 heterocycles. The molecule has 2 aromatic carbocycles. The van der Waals surface area contributed by atoms with E-state index in [1.54, 1.807) is 4.90 Å². The molecule has 2 aromatic rings. The third-order valence-electron chi connectivity index (χ3n) is 4.12. The van der Waals surface area contributed by atoms with E-state index in [0.29, 0.717) is 26.1 Å². The van der Waals surface area contributed by atoms with Crippen LogP contribution in [0.3, 0.4) is 0 Å². The molecule has 3 rings (SSSR count). The van der Waals surface area contributed by atoms with Gasteiger partial charge in [0.15, 0.2) is 0 Å². The van der Waals surface area contributed by atoms with Crippen LogP contribution in [0.4, 0.5) is 0 Å². The topological polar surface area (TPSA) is 66.8 Å². The number of benzene rings is 2. The molecule has 1 aliphatic rings. The predicted octanol–water partition coefficient (Wildman–Crippen LogP) is 2.08. The van der Waals surface area contributed by atoms with Crippen molar-refractivity contribution in [2.45, 2.75) is 18.9 Å². The summed E-state index contributed by atoms with van der Waals surface area (Å²) in [5, 5.41) is 11.1. The molecule has 0 saturated carbocycles. The first-order valence-corrected chi connectivity index (χ1v) is 7.71. The molecule has 1 saturated heterocycles. The lowest BCUT2D eigenvalue weighted by Gasteiger charge is -2.32. The van der Waals surface area contributed by atoms with Gasteiger partial charge in [-0.1, -0.05) is 42.5 Å². The van der Waals surface area contributed by atoms with Crippen molar-refractivity contribution in [1.29, 1.82) is 0 Å². The number of carbonyl (C=O) groups excluding carboxylic acids is 1. The average Bonchev–Trinajstić information content (AvgIpc) is 2.55. The van der Waals surface area contributed by atoms with Gasteiger partial charge >= 0.3 is 5.97 Å². The molecule has 23 heavy (non-hydrogen) atoms. The quantitative estimate of drug-likeness (QED) is 0.938. The van der Waals surface area contributed by atoms with Crippen molar-refractivity contribution in [2.75, 3.05) is 19.7 Å². The van der Waals surface area contributed by atoms with Gasteiger partial charge in [0.05, 0.1) is 25.6 Å². The zero-order valence-corrected chi connectivity index (χ0v) is 12.8. The SMILES string of the molecule is O=C(O)CC1CN(C(=O)Cc2cccc3ccccc23)CCO1. The molecule has 0 aliphatic carbocycles. The average molecular weight is 313 g/mol. The zero-order chi connectivity index (χ0) is 16.2. The number of fused-ring (bicyclic) bond motifs is 1.